The van der Waals surface area contributed by atoms with Crippen LogP contribution in [0.3, 0.4) is 0 Å². The van der Waals surface area contributed by atoms with Crippen LogP contribution in [0.25, 0.3) is 5.69 Å². The fraction of sp³-hybridized carbons (Fsp3) is 0.100. The summed E-state index contributed by atoms with van der Waals surface area (Å²) in [5.41, 5.74) is 1.25. The molecule has 0 amide bonds. The number of rotatable bonds is 2. The molecule has 2 rings (SSSR count). The molecule has 5 nitrogen and oxygen atoms in total. The Hall–Kier alpha value is -1.18. The Labute approximate surface area is 107 Å². The fourth-order valence-corrected chi connectivity index (χ4v) is 2.69. The van der Waals surface area contributed by atoms with E-state index in [1.807, 2.05) is 24.3 Å². The molecule has 0 bridgehead atoms. The van der Waals surface area contributed by atoms with Gasteiger partial charge in [-0.1, -0.05) is 12.1 Å². The normalized spacial score (nSPS) is 11.7. The smallest absolute Gasteiger partial charge is 0.236 e. The van der Waals surface area contributed by atoms with E-state index in [0.717, 1.165) is 10.2 Å². The molecular formula is C10H10BrN3O2S. The minimum absolute atomic E-state index is 0.0354. The Morgan fingerprint density at radius 3 is 2.53 bits per heavy atom. The molecule has 2 N–H and O–H groups in total. The van der Waals surface area contributed by atoms with Crippen LogP contribution in [0.1, 0.15) is 5.69 Å². The lowest BCUT2D eigenvalue weighted by atomic mass is 10.3. The predicted molar refractivity (Wildman–Crippen MR) is 67.4 cm³/mol. The predicted octanol–water partition coefficient (Wildman–Crippen LogP) is 1.59. The van der Waals surface area contributed by atoms with Gasteiger partial charge in [-0.3, -0.25) is 0 Å². The third-order valence-electron chi connectivity index (χ3n) is 2.35. The minimum Gasteiger partial charge on any atom is -0.236 e. The zero-order valence-corrected chi connectivity index (χ0v) is 11.4. The van der Waals surface area contributed by atoms with E-state index >= 15 is 0 Å². The molecule has 1 aromatic heterocycles. The van der Waals surface area contributed by atoms with Crippen molar-refractivity contribution in [2.24, 2.45) is 5.14 Å². The van der Waals surface area contributed by atoms with Crippen LogP contribution in [0.15, 0.2) is 39.8 Å². The van der Waals surface area contributed by atoms with Crippen LogP contribution in [0.5, 0.6) is 0 Å². The molecule has 7 heteroatoms. The van der Waals surface area contributed by atoms with E-state index in [9.17, 15) is 8.42 Å². The fourth-order valence-electron chi connectivity index (χ4n) is 1.54. The largest absolute Gasteiger partial charge is 0.241 e. The van der Waals surface area contributed by atoms with Crippen molar-refractivity contribution in [2.75, 3.05) is 0 Å². The van der Waals surface area contributed by atoms with Gasteiger partial charge in [-0.15, -0.1) is 0 Å². The van der Waals surface area contributed by atoms with E-state index in [-0.39, 0.29) is 4.90 Å². The average Bonchev–Trinajstić information content (AvgIpc) is 2.60. The van der Waals surface area contributed by atoms with Crippen molar-refractivity contribution in [2.45, 2.75) is 11.8 Å². The number of nitrogens with two attached hydrogens (primary N) is 1. The van der Waals surface area contributed by atoms with Crippen LogP contribution in [0.4, 0.5) is 0 Å². The van der Waals surface area contributed by atoms with Gasteiger partial charge in [0.05, 0.1) is 17.6 Å². The molecule has 1 heterocycles. The number of primary sulfonamides is 1. The summed E-state index contributed by atoms with van der Waals surface area (Å²) in [6, 6.07) is 7.40. The first-order valence-electron chi connectivity index (χ1n) is 4.73. The summed E-state index contributed by atoms with van der Waals surface area (Å²) in [7, 11) is -3.73. The van der Waals surface area contributed by atoms with Gasteiger partial charge in [-0.25, -0.2) is 18.2 Å². The molecule has 0 fully saturated rings. The zero-order valence-electron chi connectivity index (χ0n) is 8.96. The lowest BCUT2D eigenvalue weighted by molar-refractivity contribution is 0.597. The van der Waals surface area contributed by atoms with Gasteiger partial charge in [0.25, 0.3) is 0 Å². The highest BCUT2D eigenvalue weighted by molar-refractivity contribution is 9.10. The molecule has 0 aliphatic heterocycles. The Morgan fingerprint density at radius 2 is 2.00 bits per heavy atom. The number of halogens is 1. The summed E-state index contributed by atoms with van der Waals surface area (Å²) < 4.78 is 24.9. The van der Waals surface area contributed by atoms with Gasteiger partial charge in [0, 0.05) is 4.47 Å². The number of sulfonamides is 1. The number of aromatic nitrogens is 2. The minimum atomic E-state index is -3.73. The molecule has 17 heavy (non-hydrogen) atoms. The summed E-state index contributed by atoms with van der Waals surface area (Å²) in [5.74, 6) is 0. The monoisotopic (exact) mass is 315 g/mol. The maximum atomic E-state index is 11.3. The molecule has 0 radical (unpaired) electrons. The lowest BCUT2D eigenvalue weighted by Crippen LogP contribution is -2.13. The number of benzene rings is 1. The van der Waals surface area contributed by atoms with Crippen molar-refractivity contribution in [1.82, 2.24) is 9.78 Å². The van der Waals surface area contributed by atoms with Crippen molar-refractivity contribution >= 4 is 26.0 Å². The number of para-hydroxylation sites is 1. The highest BCUT2D eigenvalue weighted by atomic mass is 79.9. The highest BCUT2D eigenvalue weighted by Gasteiger charge is 2.17. The van der Waals surface area contributed by atoms with Gasteiger partial charge >= 0.3 is 0 Å². The van der Waals surface area contributed by atoms with Crippen LogP contribution in [0, 0.1) is 6.92 Å². The second kappa shape index (κ2) is 4.25. The molecule has 0 atom stereocenters. The van der Waals surface area contributed by atoms with E-state index in [1.54, 1.807) is 6.92 Å². The van der Waals surface area contributed by atoms with Gasteiger partial charge in [0.2, 0.25) is 10.0 Å². The van der Waals surface area contributed by atoms with E-state index in [1.165, 1.54) is 10.9 Å². The Kier molecular flexibility index (Phi) is 3.07. The summed E-state index contributed by atoms with van der Waals surface area (Å²) in [6.45, 7) is 1.66. The first-order chi connectivity index (χ1) is 7.91. The van der Waals surface area contributed by atoms with Gasteiger partial charge in [-0.05, 0) is 35.0 Å². The van der Waals surface area contributed by atoms with Crippen molar-refractivity contribution in [3.8, 4) is 5.69 Å². The van der Waals surface area contributed by atoms with Crippen LogP contribution >= 0.6 is 15.9 Å². The first kappa shape index (κ1) is 12.3. The van der Waals surface area contributed by atoms with Crippen LogP contribution < -0.4 is 5.14 Å². The van der Waals surface area contributed by atoms with Crippen molar-refractivity contribution in [1.29, 1.82) is 0 Å². The summed E-state index contributed by atoms with van der Waals surface area (Å²) in [6.07, 6.45) is 1.25. The van der Waals surface area contributed by atoms with Crippen LogP contribution in [-0.2, 0) is 10.0 Å². The zero-order chi connectivity index (χ0) is 12.6. The van der Waals surface area contributed by atoms with Crippen molar-refractivity contribution < 1.29 is 8.42 Å². The molecule has 0 spiro atoms. The standard InChI is InChI=1S/C10H10BrN3O2S/c1-7-10(17(12,15)16)6-13-14(7)9-5-3-2-4-8(9)11/h2-6H,1H3,(H2,12,15,16). The summed E-state index contributed by atoms with van der Waals surface area (Å²) in [5, 5.41) is 9.13. The SMILES string of the molecule is Cc1c(S(N)(=O)=O)cnn1-c1ccccc1Br. The Bertz CT molecular complexity index is 664. The van der Waals surface area contributed by atoms with Gasteiger partial charge in [0.1, 0.15) is 4.90 Å². The molecule has 0 saturated carbocycles. The second-order valence-electron chi connectivity index (χ2n) is 3.50. The van der Waals surface area contributed by atoms with Crippen LogP contribution in [0.2, 0.25) is 0 Å². The van der Waals surface area contributed by atoms with Gasteiger partial charge in [0.15, 0.2) is 0 Å². The molecule has 0 aliphatic rings. The van der Waals surface area contributed by atoms with E-state index in [0.29, 0.717) is 5.69 Å². The lowest BCUT2D eigenvalue weighted by Gasteiger charge is -2.06. The molecule has 90 valence electrons. The van der Waals surface area contributed by atoms with E-state index in [2.05, 4.69) is 21.0 Å². The third kappa shape index (κ3) is 2.26. The second-order valence-corrected chi connectivity index (χ2v) is 5.89. The third-order valence-corrected chi connectivity index (χ3v) is 4.04. The van der Waals surface area contributed by atoms with Gasteiger partial charge in [-0.2, -0.15) is 5.10 Å². The number of hydrogen-bond donors (Lipinski definition) is 1. The average molecular weight is 316 g/mol. The Balaban J connectivity index is 2.64. The molecule has 2 aromatic rings. The quantitative estimate of drug-likeness (QED) is 0.914. The van der Waals surface area contributed by atoms with E-state index < -0.39 is 10.0 Å². The maximum absolute atomic E-state index is 11.3. The summed E-state index contributed by atoms with van der Waals surface area (Å²) >= 11 is 3.39. The van der Waals surface area contributed by atoms with Crippen molar-refractivity contribution in [3.05, 3.63) is 40.6 Å². The maximum Gasteiger partial charge on any atom is 0.241 e. The van der Waals surface area contributed by atoms with Crippen LogP contribution in [-0.4, -0.2) is 18.2 Å². The first-order valence-corrected chi connectivity index (χ1v) is 7.07. The topological polar surface area (TPSA) is 78.0 Å². The summed E-state index contributed by atoms with van der Waals surface area (Å²) in [4.78, 5) is 0.0354. The number of nitrogens with zero attached hydrogens (tertiary/aromatic N) is 2. The number of hydrogen-bond acceptors (Lipinski definition) is 3. The molecular weight excluding hydrogens is 306 g/mol. The van der Waals surface area contributed by atoms with E-state index in [4.69, 9.17) is 5.14 Å². The molecule has 0 saturated heterocycles. The van der Waals surface area contributed by atoms with Gasteiger partial charge < -0.3 is 0 Å². The highest BCUT2D eigenvalue weighted by Crippen LogP contribution is 2.23. The van der Waals surface area contributed by atoms with Crippen molar-refractivity contribution in [3.63, 3.8) is 0 Å². The molecule has 1 aromatic carbocycles. The molecule has 0 aliphatic carbocycles. The molecule has 0 unspecified atom stereocenters. The Morgan fingerprint density at radius 1 is 1.35 bits per heavy atom.